The van der Waals surface area contributed by atoms with Gasteiger partial charge in [0.2, 0.25) is 0 Å². The summed E-state index contributed by atoms with van der Waals surface area (Å²) in [5, 5.41) is 3.03. The van der Waals surface area contributed by atoms with Crippen molar-refractivity contribution in [1.29, 1.82) is 0 Å². The molecule has 0 aromatic carbocycles. The molecule has 2 aromatic heterocycles. The molecule has 4 N–H and O–H groups in total. The van der Waals surface area contributed by atoms with Crippen LogP contribution in [0.2, 0.25) is 0 Å². The average molecular weight is 397 g/mol. The van der Waals surface area contributed by atoms with Crippen molar-refractivity contribution < 1.29 is 14.3 Å². The van der Waals surface area contributed by atoms with E-state index in [1.54, 1.807) is 17.2 Å². The molecule has 0 bridgehead atoms. The van der Waals surface area contributed by atoms with Gasteiger partial charge in [-0.1, -0.05) is 0 Å². The van der Waals surface area contributed by atoms with E-state index in [1.165, 1.54) is 0 Å². The van der Waals surface area contributed by atoms with Crippen molar-refractivity contribution in [3.05, 3.63) is 35.7 Å². The first-order valence-electron chi connectivity index (χ1n) is 9.88. The predicted molar refractivity (Wildman–Crippen MR) is 109 cm³/mol. The van der Waals surface area contributed by atoms with Crippen LogP contribution >= 0.6 is 0 Å². The number of pyridine rings is 1. The minimum Gasteiger partial charge on any atom is -0.444 e. The number of anilines is 1. The van der Waals surface area contributed by atoms with Gasteiger partial charge in [0.1, 0.15) is 11.4 Å². The van der Waals surface area contributed by atoms with Gasteiger partial charge >= 0.3 is 6.09 Å². The highest BCUT2D eigenvalue weighted by atomic mass is 16.6. The van der Waals surface area contributed by atoms with Crippen molar-refractivity contribution >= 4 is 17.8 Å². The number of nitrogens with one attached hydrogen (secondary N) is 2. The number of carbonyl (C=O) groups is 2. The maximum absolute atomic E-state index is 12.5. The fourth-order valence-electron chi connectivity index (χ4n) is 4.13. The molecular weight excluding hydrogens is 370 g/mol. The molecule has 2 aromatic rings. The van der Waals surface area contributed by atoms with E-state index < -0.39 is 5.60 Å². The number of hydrogen-bond acceptors (Lipinski definition) is 5. The van der Waals surface area contributed by atoms with E-state index in [9.17, 15) is 9.59 Å². The van der Waals surface area contributed by atoms with Crippen LogP contribution in [0.1, 0.15) is 49.7 Å². The summed E-state index contributed by atoms with van der Waals surface area (Å²) in [4.78, 5) is 34.2. The van der Waals surface area contributed by atoms with Crippen LogP contribution in [0.25, 0.3) is 11.3 Å². The lowest BCUT2D eigenvalue weighted by Crippen LogP contribution is -2.54. The number of likely N-dealkylation sites (tertiary alicyclic amines) is 1. The van der Waals surface area contributed by atoms with Crippen molar-refractivity contribution in [2.45, 2.75) is 44.6 Å². The highest BCUT2D eigenvalue weighted by Gasteiger charge is 2.44. The molecule has 0 aliphatic carbocycles. The molecule has 0 radical (unpaired) electrons. The largest absolute Gasteiger partial charge is 0.444 e. The number of fused-ring (bicyclic) bond motifs is 2. The van der Waals surface area contributed by atoms with Gasteiger partial charge in [0.05, 0.1) is 5.56 Å². The number of amides is 2. The number of aromatic amines is 1. The number of hydrogen-bond donors (Lipinski definition) is 3. The molecule has 0 unspecified atom stereocenters. The Balaban J connectivity index is 1.59. The molecule has 4 rings (SSSR count). The van der Waals surface area contributed by atoms with Gasteiger partial charge in [0.25, 0.3) is 5.91 Å². The Morgan fingerprint density at radius 1 is 1.28 bits per heavy atom. The van der Waals surface area contributed by atoms with Crippen molar-refractivity contribution in [3.63, 3.8) is 0 Å². The maximum atomic E-state index is 12.5. The van der Waals surface area contributed by atoms with E-state index >= 15 is 0 Å². The Morgan fingerprint density at radius 2 is 2.00 bits per heavy atom. The number of nitrogens with two attached hydrogens (primary N) is 1. The third-order valence-corrected chi connectivity index (χ3v) is 5.64. The zero-order valence-corrected chi connectivity index (χ0v) is 17.0. The monoisotopic (exact) mass is 397 g/mol. The van der Waals surface area contributed by atoms with Crippen molar-refractivity contribution in [3.8, 4) is 11.3 Å². The summed E-state index contributed by atoms with van der Waals surface area (Å²) in [5.41, 5.74) is 8.41. The average Bonchev–Trinajstić information content (AvgIpc) is 3.11. The first kappa shape index (κ1) is 19.3. The molecule has 0 atom stereocenters. The topological polar surface area (TPSA) is 113 Å². The molecule has 4 heterocycles. The highest BCUT2D eigenvalue weighted by molar-refractivity contribution is 5.98. The lowest BCUT2D eigenvalue weighted by Gasteiger charge is -2.43. The molecule has 8 heteroatoms. The van der Waals surface area contributed by atoms with E-state index in [0.717, 1.165) is 29.8 Å². The Bertz CT molecular complexity index is 951. The zero-order chi connectivity index (χ0) is 20.8. The molecule has 29 heavy (non-hydrogen) atoms. The molecule has 2 aliphatic heterocycles. The molecule has 1 saturated heterocycles. The van der Waals surface area contributed by atoms with Crippen molar-refractivity contribution in [2.75, 3.05) is 25.4 Å². The minimum absolute atomic E-state index is 0.0790. The number of nitrogen functional groups attached to an aromatic ring is 1. The summed E-state index contributed by atoms with van der Waals surface area (Å²) in [6, 6.07) is 5.52. The summed E-state index contributed by atoms with van der Waals surface area (Å²) in [7, 11) is 0. The van der Waals surface area contributed by atoms with Crippen LogP contribution in [0.15, 0.2) is 24.4 Å². The standard InChI is InChI=1S/C21H27N5O3/c1-20(2,3)29-19(28)26-8-5-21(6-9-26)12-24-18(27)14-11-15(25-17(14)21)13-4-7-23-16(22)10-13/h4,7,10-11,25H,5-6,8-9,12H2,1-3H3,(H2,22,23)(H,24,27). The van der Waals surface area contributed by atoms with Gasteiger partial charge in [-0.3, -0.25) is 4.79 Å². The number of rotatable bonds is 1. The highest BCUT2D eigenvalue weighted by Crippen LogP contribution is 2.40. The van der Waals surface area contributed by atoms with E-state index in [1.807, 2.05) is 32.9 Å². The third-order valence-electron chi connectivity index (χ3n) is 5.64. The fraction of sp³-hybridized carbons (Fsp3) is 0.476. The summed E-state index contributed by atoms with van der Waals surface area (Å²) in [6.07, 6.45) is 2.86. The van der Waals surface area contributed by atoms with Gasteiger partial charge in [0, 0.05) is 48.2 Å². The van der Waals surface area contributed by atoms with Crippen LogP contribution in [0.4, 0.5) is 10.6 Å². The lowest BCUT2D eigenvalue weighted by atomic mass is 9.72. The summed E-state index contributed by atoms with van der Waals surface area (Å²) in [5.74, 6) is 0.352. The second-order valence-corrected chi connectivity index (χ2v) is 8.87. The Kier molecular flexibility index (Phi) is 4.52. The number of aromatic nitrogens is 2. The molecule has 2 aliphatic rings. The normalized spacial score (nSPS) is 18.3. The lowest BCUT2D eigenvalue weighted by molar-refractivity contribution is 0.0156. The van der Waals surface area contributed by atoms with Crippen LogP contribution in [0.3, 0.4) is 0 Å². The van der Waals surface area contributed by atoms with E-state index in [0.29, 0.717) is 31.0 Å². The van der Waals surface area contributed by atoms with Gasteiger partial charge in [-0.2, -0.15) is 0 Å². The molecule has 2 amide bonds. The fourth-order valence-corrected chi connectivity index (χ4v) is 4.13. The summed E-state index contributed by atoms with van der Waals surface area (Å²) >= 11 is 0. The van der Waals surface area contributed by atoms with E-state index in [-0.39, 0.29) is 17.4 Å². The Morgan fingerprint density at radius 3 is 2.66 bits per heavy atom. The van der Waals surface area contributed by atoms with Crippen LogP contribution in [0.5, 0.6) is 0 Å². The summed E-state index contributed by atoms with van der Waals surface area (Å²) in [6.45, 7) is 7.32. The molecule has 1 fully saturated rings. The smallest absolute Gasteiger partial charge is 0.410 e. The first-order chi connectivity index (χ1) is 13.7. The second-order valence-electron chi connectivity index (χ2n) is 8.87. The SMILES string of the molecule is CC(C)(C)OC(=O)N1CCC2(CC1)CNC(=O)c1cc(-c3ccnc(N)c3)[nH]c12. The number of H-pyrrole nitrogens is 1. The predicted octanol–water partition coefficient (Wildman–Crippen LogP) is 2.67. The molecule has 154 valence electrons. The van der Waals surface area contributed by atoms with Crippen molar-refractivity contribution in [2.24, 2.45) is 0 Å². The number of nitrogens with zero attached hydrogens (tertiary/aromatic N) is 2. The number of carbonyl (C=O) groups excluding carboxylic acids is 2. The van der Waals surface area contributed by atoms with Crippen LogP contribution in [-0.2, 0) is 10.2 Å². The molecule has 0 saturated carbocycles. The number of ether oxygens (including phenoxy) is 1. The van der Waals surface area contributed by atoms with Gasteiger partial charge in [0.15, 0.2) is 0 Å². The molecule has 8 nitrogen and oxygen atoms in total. The molecular formula is C21H27N5O3. The number of piperidine rings is 1. The quantitative estimate of drug-likeness (QED) is 0.685. The van der Waals surface area contributed by atoms with Gasteiger partial charge in [-0.05, 0) is 51.8 Å². The minimum atomic E-state index is -0.515. The van der Waals surface area contributed by atoms with Crippen LogP contribution in [0, 0.1) is 0 Å². The van der Waals surface area contributed by atoms with Gasteiger partial charge in [-0.25, -0.2) is 9.78 Å². The first-order valence-corrected chi connectivity index (χ1v) is 9.88. The van der Waals surface area contributed by atoms with Gasteiger partial charge in [-0.15, -0.1) is 0 Å². The maximum Gasteiger partial charge on any atom is 0.410 e. The van der Waals surface area contributed by atoms with Crippen LogP contribution < -0.4 is 11.1 Å². The Labute approximate surface area is 169 Å². The van der Waals surface area contributed by atoms with Gasteiger partial charge < -0.3 is 25.7 Å². The summed E-state index contributed by atoms with van der Waals surface area (Å²) < 4.78 is 5.50. The van der Waals surface area contributed by atoms with E-state index in [2.05, 4.69) is 15.3 Å². The third kappa shape index (κ3) is 3.66. The Hall–Kier alpha value is -3.03. The van der Waals surface area contributed by atoms with E-state index in [4.69, 9.17) is 10.5 Å². The second kappa shape index (κ2) is 6.79. The van der Waals surface area contributed by atoms with Crippen LogP contribution in [-0.4, -0.2) is 52.1 Å². The zero-order valence-electron chi connectivity index (χ0n) is 17.0. The molecule has 1 spiro atoms. The van der Waals surface area contributed by atoms with Crippen molar-refractivity contribution in [1.82, 2.24) is 20.2 Å².